The number of carbonyl (C=O) groups is 1. The van der Waals surface area contributed by atoms with Crippen LogP contribution in [0.4, 0.5) is 18.0 Å². The van der Waals surface area contributed by atoms with Gasteiger partial charge in [0.25, 0.3) is 0 Å². The molecule has 3 rings (SSSR count). The number of likely N-dealkylation sites (tertiary alicyclic amines) is 1. The second-order valence-electron chi connectivity index (χ2n) is 8.40. The van der Waals surface area contributed by atoms with Crippen LogP contribution in [0, 0.1) is 11.8 Å². The van der Waals surface area contributed by atoms with Crippen molar-refractivity contribution in [3.05, 3.63) is 24.3 Å². The Balaban J connectivity index is 1.71. The van der Waals surface area contributed by atoms with Crippen LogP contribution >= 0.6 is 0 Å². The van der Waals surface area contributed by atoms with Crippen molar-refractivity contribution in [3.63, 3.8) is 0 Å². The third-order valence-electron chi connectivity index (χ3n) is 6.01. The minimum atomic E-state index is -4.83. The molecular formula is C20H27F3N2O4. The number of amides is 2. The second kappa shape index (κ2) is 7.93. The van der Waals surface area contributed by atoms with Crippen molar-refractivity contribution in [1.29, 1.82) is 0 Å². The number of primary amides is 1. The average molecular weight is 416 g/mol. The van der Waals surface area contributed by atoms with Crippen molar-refractivity contribution >= 4 is 6.03 Å². The highest BCUT2D eigenvalue weighted by Crippen LogP contribution is 2.42. The number of alkyl halides is 3. The first kappa shape index (κ1) is 21.5. The van der Waals surface area contributed by atoms with E-state index in [1.807, 2.05) is 0 Å². The van der Waals surface area contributed by atoms with Crippen LogP contribution in [0.1, 0.15) is 39.5 Å². The molecule has 0 radical (unpaired) electrons. The summed E-state index contributed by atoms with van der Waals surface area (Å²) < 4.78 is 47.9. The van der Waals surface area contributed by atoms with Gasteiger partial charge in [-0.05, 0) is 63.5 Å². The highest BCUT2D eigenvalue weighted by atomic mass is 19.4. The minimum absolute atomic E-state index is 0.0193. The molecule has 9 heteroatoms. The van der Waals surface area contributed by atoms with Gasteiger partial charge in [0.1, 0.15) is 6.10 Å². The van der Waals surface area contributed by atoms with Crippen molar-refractivity contribution in [2.75, 3.05) is 6.54 Å². The summed E-state index contributed by atoms with van der Waals surface area (Å²) in [6, 6.07) is 4.72. The zero-order valence-corrected chi connectivity index (χ0v) is 16.5. The molecule has 2 unspecified atom stereocenters. The van der Waals surface area contributed by atoms with Gasteiger partial charge in [-0.3, -0.25) is 0 Å². The predicted octanol–water partition coefficient (Wildman–Crippen LogP) is 3.67. The van der Waals surface area contributed by atoms with Gasteiger partial charge in [0.15, 0.2) is 11.5 Å². The van der Waals surface area contributed by atoms with Gasteiger partial charge in [0.05, 0.1) is 18.2 Å². The molecule has 0 bridgehead atoms. The van der Waals surface area contributed by atoms with Crippen molar-refractivity contribution in [2.45, 2.75) is 63.6 Å². The van der Waals surface area contributed by atoms with Gasteiger partial charge in [0, 0.05) is 0 Å². The number of para-hydroxylation sites is 2. The number of nitrogens with zero attached hydrogens (tertiary/aromatic N) is 1. The molecule has 2 amide bonds. The number of carbonyl (C=O) groups excluding carboxylic acids is 1. The molecule has 1 aliphatic heterocycles. The first-order valence-corrected chi connectivity index (χ1v) is 9.75. The highest BCUT2D eigenvalue weighted by molar-refractivity contribution is 5.73. The number of rotatable bonds is 5. The van der Waals surface area contributed by atoms with E-state index in [4.69, 9.17) is 10.5 Å². The molecule has 1 aromatic carbocycles. The van der Waals surface area contributed by atoms with Crippen LogP contribution in [0.25, 0.3) is 0 Å². The summed E-state index contributed by atoms with van der Waals surface area (Å²) in [5, 5.41) is 10.2. The molecule has 0 aromatic heterocycles. The molecule has 2 fully saturated rings. The minimum Gasteiger partial charge on any atom is -0.483 e. The Kier molecular flexibility index (Phi) is 5.89. The van der Waals surface area contributed by atoms with E-state index in [0.717, 1.165) is 25.7 Å². The molecule has 1 aliphatic carbocycles. The maximum Gasteiger partial charge on any atom is 0.573 e. The fourth-order valence-corrected chi connectivity index (χ4v) is 4.47. The Morgan fingerprint density at radius 2 is 1.72 bits per heavy atom. The summed E-state index contributed by atoms with van der Waals surface area (Å²) in [4.78, 5) is 13.3. The van der Waals surface area contributed by atoms with E-state index in [1.165, 1.54) is 23.1 Å². The monoisotopic (exact) mass is 416 g/mol. The predicted molar refractivity (Wildman–Crippen MR) is 99.4 cm³/mol. The third kappa shape index (κ3) is 5.07. The molecule has 162 valence electrons. The van der Waals surface area contributed by atoms with Crippen molar-refractivity contribution in [3.8, 4) is 11.5 Å². The van der Waals surface area contributed by atoms with Crippen LogP contribution in [0.15, 0.2) is 24.3 Å². The van der Waals surface area contributed by atoms with Gasteiger partial charge in [-0.1, -0.05) is 12.1 Å². The van der Waals surface area contributed by atoms with E-state index in [0.29, 0.717) is 0 Å². The lowest BCUT2D eigenvalue weighted by Gasteiger charge is -2.52. The summed E-state index contributed by atoms with van der Waals surface area (Å²) in [6.45, 7) is 3.80. The normalized spacial score (nSPS) is 27.9. The number of halogens is 3. The van der Waals surface area contributed by atoms with Gasteiger partial charge < -0.3 is 25.2 Å². The third-order valence-corrected chi connectivity index (χ3v) is 6.01. The first-order chi connectivity index (χ1) is 13.5. The molecular weight excluding hydrogens is 389 g/mol. The van der Waals surface area contributed by atoms with E-state index < -0.39 is 29.8 Å². The Morgan fingerprint density at radius 1 is 1.14 bits per heavy atom. The molecule has 1 aromatic rings. The van der Waals surface area contributed by atoms with Crippen LogP contribution in [-0.2, 0) is 0 Å². The number of aliphatic hydroxyl groups is 1. The lowest BCUT2D eigenvalue weighted by atomic mass is 9.70. The zero-order valence-electron chi connectivity index (χ0n) is 16.5. The van der Waals surface area contributed by atoms with E-state index in [2.05, 4.69) is 4.74 Å². The number of benzene rings is 1. The number of hydrogen-bond acceptors (Lipinski definition) is 4. The SMILES string of the molecule is CC(C)(O)C1CCC(C2C(Oc3ccccc3OC(F)(F)F)CN2C(N)=O)CC1. The van der Waals surface area contributed by atoms with Crippen molar-refractivity contribution in [1.82, 2.24) is 4.90 Å². The first-order valence-electron chi connectivity index (χ1n) is 9.75. The average Bonchev–Trinajstić information content (AvgIpc) is 2.57. The standard InChI is InChI=1S/C20H27F3N2O4/c1-19(2,27)13-9-7-12(8-10-13)17-16(11-25(17)18(24)26)28-14-5-3-4-6-15(14)29-20(21,22)23/h3-6,12-13,16-17,27H,7-11H2,1-2H3,(H2,24,26). The molecule has 2 aliphatic rings. The molecule has 1 heterocycles. The quantitative estimate of drug-likeness (QED) is 0.767. The highest BCUT2D eigenvalue weighted by Gasteiger charge is 2.49. The maximum absolute atomic E-state index is 12.7. The van der Waals surface area contributed by atoms with Crippen molar-refractivity contribution < 1.29 is 32.5 Å². The van der Waals surface area contributed by atoms with Gasteiger partial charge in [-0.25, -0.2) is 4.79 Å². The van der Waals surface area contributed by atoms with Crippen LogP contribution in [-0.4, -0.2) is 46.7 Å². The van der Waals surface area contributed by atoms with E-state index >= 15 is 0 Å². The lowest BCUT2D eigenvalue weighted by molar-refractivity contribution is -0.275. The number of hydrogen-bond donors (Lipinski definition) is 2. The maximum atomic E-state index is 12.7. The lowest BCUT2D eigenvalue weighted by Crippen LogP contribution is -2.68. The summed E-state index contributed by atoms with van der Waals surface area (Å²) in [5.41, 5.74) is 4.71. The van der Waals surface area contributed by atoms with Gasteiger partial charge >= 0.3 is 12.4 Å². The fraction of sp³-hybridized carbons (Fsp3) is 0.650. The molecule has 3 N–H and O–H groups in total. The van der Waals surface area contributed by atoms with E-state index in [9.17, 15) is 23.1 Å². The summed E-state index contributed by atoms with van der Waals surface area (Å²) in [7, 11) is 0. The van der Waals surface area contributed by atoms with E-state index in [1.54, 1.807) is 19.9 Å². The Morgan fingerprint density at radius 3 is 2.24 bits per heavy atom. The van der Waals surface area contributed by atoms with Gasteiger partial charge in [-0.2, -0.15) is 0 Å². The number of ether oxygens (including phenoxy) is 2. The molecule has 1 saturated carbocycles. The molecule has 29 heavy (non-hydrogen) atoms. The summed E-state index contributed by atoms with van der Waals surface area (Å²) in [5.74, 6) is -0.159. The van der Waals surface area contributed by atoms with Crippen LogP contribution < -0.4 is 15.2 Å². The van der Waals surface area contributed by atoms with Crippen molar-refractivity contribution in [2.24, 2.45) is 17.6 Å². The van der Waals surface area contributed by atoms with Crippen LogP contribution in [0.3, 0.4) is 0 Å². The summed E-state index contributed by atoms with van der Waals surface area (Å²) >= 11 is 0. The van der Waals surface area contributed by atoms with E-state index in [-0.39, 0.29) is 30.2 Å². The molecule has 0 spiro atoms. The number of urea groups is 1. The largest absolute Gasteiger partial charge is 0.573 e. The Labute approximate surface area is 167 Å². The number of nitrogens with two attached hydrogens (primary N) is 1. The Hall–Kier alpha value is -2.16. The Bertz CT molecular complexity index is 727. The van der Waals surface area contributed by atoms with Gasteiger partial charge in [0.2, 0.25) is 0 Å². The van der Waals surface area contributed by atoms with Crippen LogP contribution in [0.2, 0.25) is 0 Å². The molecule has 2 atom stereocenters. The van der Waals surface area contributed by atoms with Crippen LogP contribution in [0.5, 0.6) is 11.5 Å². The topological polar surface area (TPSA) is 85.0 Å². The molecule has 6 nitrogen and oxygen atoms in total. The second-order valence-corrected chi connectivity index (χ2v) is 8.40. The summed E-state index contributed by atoms with van der Waals surface area (Å²) in [6.07, 6.45) is -2.13. The van der Waals surface area contributed by atoms with Gasteiger partial charge in [-0.15, -0.1) is 13.2 Å². The zero-order chi connectivity index (χ0) is 21.4. The molecule has 1 saturated heterocycles. The smallest absolute Gasteiger partial charge is 0.483 e. The fourth-order valence-electron chi connectivity index (χ4n) is 4.47.